The van der Waals surface area contributed by atoms with Gasteiger partial charge in [0.2, 0.25) is 5.88 Å². The number of aromatic nitrogens is 1. The van der Waals surface area contributed by atoms with Gasteiger partial charge in [-0.3, -0.25) is 0 Å². The van der Waals surface area contributed by atoms with Gasteiger partial charge in [0.15, 0.2) is 0 Å². The lowest BCUT2D eigenvalue weighted by Gasteiger charge is -2.08. The molecule has 0 radical (unpaired) electrons. The zero-order chi connectivity index (χ0) is 11.3. The molecule has 1 aromatic rings. The van der Waals surface area contributed by atoms with Crippen molar-refractivity contribution < 1.29 is 4.74 Å². The fourth-order valence-corrected chi connectivity index (χ4v) is 1.46. The molecule has 0 unspecified atom stereocenters. The second-order valence-corrected chi connectivity index (χ2v) is 3.55. The van der Waals surface area contributed by atoms with Crippen LogP contribution in [0.4, 0.5) is 5.82 Å². The van der Waals surface area contributed by atoms with Gasteiger partial charge in [0, 0.05) is 7.05 Å². The molecule has 1 heterocycles. The minimum absolute atomic E-state index is 0.378. The van der Waals surface area contributed by atoms with E-state index in [1.807, 2.05) is 19.1 Å². The number of hydrogen-bond donors (Lipinski definition) is 1. The van der Waals surface area contributed by atoms with Gasteiger partial charge in [-0.1, -0.05) is 35.4 Å². The predicted octanol–water partition coefficient (Wildman–Crippen LogP) is 3.39. The molecule has 0 atom stereocenters. The molecule has 5 heteroatoms. The van der Waals surface area contributed by atoms with Gasteiger partial charge in [-0.05, 0) is 13.0 Å². The molecular weight excluding hydrogens is 235 g/mol. The van der Waals surface area contributed by atoms with Gasteiger partial charge in [0.05, 0.1) is 5.02 Å². The van der Waals surface area contributed by atoms with E-state index in [-0.39, 0.29) is 0 Å². The van der Waals surface area contributed by atoms with Crippen molar-refractivity contribution in [1.82, 2.24) is 4.98 Å². The Kier molecular flexibility index (Phi) is 4.72. The zero-order valence-corrected chi connectivity index (χ0v) is 10.1. The molecule has 1 N–H and O–H groups in total. The Hall–Kier alpha value is -0.930. The second kappa shape index (κ2) is 5.83. The summed E-state index contributed by atoms with van der Waals surface area (Å²) in [7, 11) is 1.73. The third-order valence-corrected chi connectivity index (χ3v) is 2.24. The Morgan fingerprint density at radius 1 is 1.47 bits per heavy atom. The lowest BCUT2D eigenvalue weighted by atomic mass is 10.4. The van der Waals surface area contributed by atoms with Crippen LogP contribution in [0.2, 0.25) is 10.0 Å². The van der Waals surface area contributed by atoms with Crippen molar-refractivity contribution in [1.29, 1.82) is 0 Å². The Balaban J connectivity index is 2.87. The highest BCUT2D eigenvalue weighted by molar-refractivity contribution is 6.36. The number of ether oxygens (including phenoxy) is 1. The predicted molar refractivity (Wildman–Crippen MR) is 64.1 cm³/mol. The highest BCUT2D eigenvalue weighted by Gasteiger charge is 2.08. The Morgan fingerprint density at radius 3 is 2.80 bits per heavy atom. The summed E-state index contributed by atoms with van der Waals surface area (Å²) >= 11 is 11.8. The molecule has 15 heavy (non-hydrogen) atoms. The number of rotatable bonds is 4. The van der Waals surface area contributed by atoms with Crippen LogP contribution in [0.15, 0.2) is 18.2 Å². The van der Waals surface area contributed by atoms with E-state index < -0.39 is 0 Å². The van der Waals surface area contributed by atoms with Gasteiger partial charge >= 0.3 is 0 Å². The van der Waals surface area contributed by atoms with Crippen LogP contribution in [0.5, 0.6) is 5.88 Å². The topological polar surface area (TPSA) is 34.1 Å². The molecule has 0 aromatic carbocycles. The summed E-state index contributed by atoms with van der Waals surface area (Å²) in [5, 5.41) is 3.73. The fraction of sp³-hybridized carbons (Fsp3) is 0.300. The first-order valence-electron chi connectivity index (χ1n) is 4.46. The smallest absolute Gasteiger partial charge is 0.234 e. The number of halogens is 2. The van der Waals surface area contributed by atoms with Gasteiger partial charge < -0.3 is 10.1 Å². The van der Waals surface area contributed by atoms with E-state index in [9.17, 15) is 0 Å². The monoisotopic (exact) mass is 246 g/mol. The van der Waals surface area contributed by atoms with E-state index in [0.717, 1.165) is 0 Å². The van der Waals surface area contributed by atoms with Crippen molar-refractivity contribution in [2.24, 2.45) is 0 Å². The third kappa shape index (κ3) is 3.29. The summed E-state index contributed by atoms with van der Waals surface area (Å²) in [4.78, 5) is 4.13. The SMILES string of the molecule is C/C=C/COc1nc(NC)c(Cl)cc1Cl. The van der Waals surface area contributed by atoms with E-state index in [2.05, 4.69) is 10.3 Å². The quantitative estimate of drug-likeness (QED) is 0.828. The molecule has 0 saturated heterocycles. The minimum Gasteiger partial charge on any atom is -0.472 e. The number of hydrogen-bond acceptors (Lipinski definition) is 3. The van der Waals surface area contributed by atoms with E-state index >= 15 is 0 Å². The molecule has 0 amide bonds. The lowest BCUT2D eigenvalue weighted by molar-refractivity contribution is 0.349. The molecule has 1 rings (SSSR count). The van der Waals surface area contributed by atoms with Crippen LogP contribution in [0.1, 0.15) is 6.92 Å². The van der Waals surface area contributed by atoms with Crippen LogP contribution in [0, 0.1) is 0 Å². The van der Waals surface area contributed by atoms with Crippen LogP contribution in [0.3, 0.4) is 0 Å². The average Bonchev–Trinajstić information content (AvgIpc) is 2.21. The van der Waals surface area contributed by atoms with Gasteiger partial charge in [0.1, 0.15) is 17.4 Å². The highest BCUT2D eigenvalue weighted by Crippen LogP contribution is 2.30. The average molecular weight is 247 g/mol. The maximum Gasteiger partial charge on any atom is 0.234 e. The van der Waals surface area contributed by atoms with Crippen LogP contribution in [-0.2, 0) is 0 Å². The van der Waals surface area contributed by atoms with Crippen molar-refractivity contribution >= 4 is 29.0 Å². The van der Waals surface area contributed by atoms with Gasteiger partial charge in [-0.15, -0.1) is 0 Å². The van der Waals surface area contributed by atoms with Crippen molar-refractivity contribution in [3.8, 4) is 5.88 Å². The first-order valence-corrected chi connectivity index (χ1v) is 5.22. The molecule has 0 aliphatic carbocycles. The third-order valence-electron chi connectivity index (χ3n) is 1.69. The van der Waals surface area contributed by atoms with Crippen molar-refractivity contribution in [3.63, 3.8) is 0 Å². The Labute approximate surface area is 99.1 Å². The Morgan fingerprint density at radius 2 is 2.20 bits per heavy atom. The number of anilines is 1. The van der Waals surface area contributed by atoms with Crippen LogP contribution >= 0.6 is 23.2 Å². The zero-order valence-electron chi connectivity index (χ0n) is 8.55. The molecule has 0 aliphatic rings. The largest absolute Gasteiger partial charge is 0.472 e. The molecule has 3 nitrogen and oxygen atoms in total. The first-order chi connectivity index (χ1) is 7.19. The standard InChI is InChI=1S/C10H12Cl2N2O/c1-3-4-5-15-10-8(12)6-7(11)9(13-2)14-10/h3-4,6H,5H2,1-2H3,(H,13,14)/b4-3+. The normalized spacial score (nSPS) is 10.7. The van der Waals surface area contributed by atoms with E-state index in [1.54, 1.807) is 13.1 Å². The summed E-state index contributed by atoms with van der Waals surface area (Å²) in [6, 6.07) is 1.60. The molecule has 82 valence electrons. The number of pyridine rings is 1. The summed E-state index contributed by atoms with van der Waals surface area (Å²) in [6.45, 7) is 2.35. The molecule has 1 aromatic heterocycles. The van der Waals surface area contributed by atoms with Crippen LogP contribution < -0.4 is 10.1 Å². The molecule has 0 aliphatic heterocycles. The number of nitrogens with zero attached hydrogens (tertiary/aromatic N) is 1. The molecular formula is C10H12Cl2N2O. The molecule has 0 fully saturated rings. The lowest BCUT2D eigenvalue weighted by Crippen LogP contribution is -2.00. The maximum atomic E-state index is 5.91. The van der Waals surface area contributed by atoms with Crippen LogP contribution in [0.25, 0.3) is 0 Å². The van der Waals surface area contributed by atoms with Gasteiger partial charge in [-0.25, -0.2) is 0 Å². The highest BCUT2D eigenvalue weighted by atomic mass is 35.5. The van der Waals surface area contributed by atoms with Crippen LogP contribution in [-0.4, -0.2) is 18.6 Å². The van der Waals surface area contributed by atoms with E-state index in [4.69, 9.17) is 27.9 Å². The van der Waals surface area contributed by atoms with Crippen molar-refractivity contribution in [2.45, 2.75) is 6.92 Å². The van der Waals surface area contributed by atoms with E-state index in [1.165, 1.54) is 0 Å². The van der Waals surface area contributed by atoms with Crippen molar-refractivity contribution in [3.05, 3.63) is 28.3 Å². The molecule has 0 bridgehead atoms. The number of nitrogens with one attached hydrogen (secondary N) is 1. The molecule has 0 saturated carbocycles. The number of allylic oxidation sites excluding steroid dienone is 1. The summed E-state index contributed by atoms with van der Waals surface area (Å²) in [6.07, 6.45) is 3.76. The van der Waals surface area contributed by atoms with E-state index in [0.29, 0.717) is 28.3 Å². The van der Waals surface area contributed by atoms with Gasteiger partial charge in [0.25, 0.3) is 0 Å². The fourth-order valence-electron chi connectivity index (χ4n) is 0.950. The maximum absolute atomic E-state index is 5.91. The van der Waals surface area contributed by atoms with Gasteiger partial charge in [-0.2, -0.15) is 4.98 Å². The summed E-state index contributed by atoms with van der Waals surface area (Å²) in [5.74, 6) is 0.931. The molecule has 0 spiro atoms. The first kappa shape index (κ1) is 12.1. The summed E-state index contributed by atoms with van der Waals surface area (Å²) in [5.41, 5.74) is 0. The summed E-state index contributed by atoms with van der Waals surface area (Å²) < 4.78 is 5.35. The van der Waals surface area contributed by atoms with Crippen molar-refractivity contribution in [2.75, 3.05) is 19.0 Å². The minimum atomic E-state index is 0.378. The second-order valence-electron chi connectivity index (χ2n) is 2.74. The Bertz CT molecular complexity index is 367.